The van der Waals surface area contributed by atoms with Gasteiger partial charge in [0, 0.05) is 64.1 Å². The molecule has 12 rings (SSSR count). The minimum Gasteiger partial charge on any atom is -0.310 e. The second-order valence-electron chi connectivity index (χ2n) is 16.1. The Bertz CT molecular complexity index is 3560. The molecular formula is C60H40N2S2. The second kappa shape index (κ2) is 16.2. The van der Waals surface area contributed by atoms with Crippen molar-refractivity contribution in [3.05, 3.63) is 243 Å². The van der Waals surface area contributed by atoms with E-state index >= 15 is 0 Å². The van der Waals surface area contributed by atoms with Gasteiger partial charge in [-0.2, -0.15) is 0 Å². The highest BCUT2D eigenvalue weighted by Crippen LogP contribution is 2.50. The minimum atomic E-state index is 1.08. The van der Waals surface area contributed by atoms with Crippen LogP contribution in [0.5, 0.6) is 0 Å². The van der Waals surface area contributed by atoms with Crippen LogP contribution < -0.4 is 9.80 Å². The fourth-order valence-electron chi connectivity index (χ4n) is 9.14. The summed E-state index contributed by atoms with van der Waals surface area (Å²) in [5.41, 5.74) is 13.8. The van der Waals surface area contributed by atoms with Crippen LogP contribution >= 0.6 is 22.7 Å². The standard InChI is InChI=1S/C60H40N2S2/c1-5-16-41(17-6-1)42-28-32-50(33-29-42)61(47-20-7-2-8-21-47)51-39-55-54-38-46(44-19-15-18-43(36-44)45-30-34-58-53(37-45)52-26-13-14-27-57(52)63-58)31-35-59(54)64-60(55)56(40-51)62(48-22-9-3-10-23-48)49-24-11-4-12-25-49/h1-40H. The van der Waals surface area contributed by atoms with Crippen LogP contribution in [0.25, 0.3) is 73.7 Å². The molecule has 0 aliphatic carbocycles. The zero-order valence-corrected chi connectivity index (χ0v) is 36.4. The number of hydrogen-bond acceptors (Lipinski definition) is 4. The Morgan fingerprint density at radius 2 is 0.672 bits per heavy atom. The molecule has 0 saturated heterocycles. The third-order valence-corrected chi connectivity index (χ3v) is 14.6. The van der Waals surface area contributed by atoms with Crippen molar-refractivity contribution in [1.29, 1.82) is 0 Å². The lowest BCUT2D eigenvalue weighted by Crippen LogP contribution is -2.13. The van der Waals surface area contributed by atoms with Gasteiger partial charge in [-0.05, 0) is 130 Å². The number of nitrogens with zero attached hydrogens (tertiary/aromatic N) is 2. The third kappa shape index (κ3) is 6.90. The molecule has 12 aromatic rings. The molecule has 0 radical (unpaired) electrons. The lowest BCUT2D eigenvalue weighted by atomic mass is 9.97. The van der Waals surface area contributed by atoms with Crippen LogP contribution in [0, 0.1) is 0 Å². The van der Waals surface area contributed by atoms with Crippen LogP contribution in [-0.2, 0) is 0 Å². The van der Waals surface area contributed by atoms with Crippen LogP contribution in [0.4, 0.5) is 34.1 Å². The van der Waals surface area contributed by atoms with Crippen molar-refractivity contribution in [1.82, 2.24) is 0 Å². The Hall–Kier alpha value is -7.76. The number of benzene rings is 10. The summed E-state index contributed by atoms with van der Waals surface area (Å²) in [7, 11) is 0. The fourth-order valence-corrected chi connectivity index (χ4v) is 11.4. The molecule has 64 heavy (non-hydrogen) atoms. The number of rotatable bonds is 9. The van der Waals surface area contributed by atoms with Gasteiger partial charge in [-0.1, -0.05) is 146 Å². The van der Waals surface area contributed by atoms with E-state index in [1.807, 2.05) is 22.7 Å². The van der Waals surface area contributed by atoms with Gasteiger partial charge in [-0.3, -0.25) is 0 Å². The van der Waals surface area contributed by atoms with Crippen LogP contribution in [-0.4, -0.2) is 0 Å². The molecule has 0 N–H and O–H groups in total. The SMILES string of the molecule is c1ccc(-c2ccc(N(c3ccccc3)c3cc(N(c4ccccc4)c4ccccc4)c4sc5ccc(-c6cccc(-c7ccc8sc9ccccc9c8c7)c6)cc5c4c3)cc2)cc1. The Labute approximate surface area is 380 Å². The van der Waals surface area contributed by atoms with Gasteiger partial charge in [0.1, 0.15) is 0 Å². The van der Waals surface area contributed by atoms with Gasteiger partial charge in [-0.15, -0.1) is 22.7 Å². The molecule has 0 aliphatic heterocycles. The first-order valence-electron chi connectivity index (χ1n) is 21.7. The Kier molecular flexibility index (Phi) is 9.59. The maximum atomic E-state index is 2.42. The molecule has 0 bridgehead atoms. The van der Waals surface area contributed by atoms with E-state index in [1.54, 1.807) is 0 Å². The first-order chi connectivity index (χ1) is 31.7. The minimum absolute atomic E-state index is 1.08. The summed E-state index contributed by atoms with van der Waals surface area (Å²) >= 11 is 3.73. The summed E-state index contributed by atoms with van der Waals surface area (Å²) in [5, 5.41) is 5.10. The summed E-state index contributed by atoms with van der Waals surface area (Å²) in [4.78, 5) is 4.82. The summed E-state index contributed by atoms with van der Waals surface area (Å²) in [6.45, 7) is 0. The largest absolute Gasteiger partial charge is 0.310 e. The summed E-state index contributed by atoms with van der Waals surface area (Å²) < 4.78 is 5.14. The number of thiophene rings is 2. The quantitative estimate of drug-likeness (QED) is 0.143. The van der Waals surface area contributed by atoms with E-state index in [4.69, 9.17) is 0 Å². The van der Waals surface area contributed by atoms with Gasteiger partial charge in [-0.25, -0.2) is 0 Å². The summed E-state index contributed by atoms with van der Waals surface area (Å²) in [6, 6.07) is 88.4. The van der Waals surface area contributed by atoms with Crippen molar-refractivity contribution < 1.29 is 0 Å². The molecule has 0 spiro atoms. The Morgan fingerprint density at radius 1 is 0.234 bits per heavy atom. The van der Waals surface area contributed by atoms with Crippen molar-refractivity contribution in [2.24, 2.45) is 0 Å². The molecule has 0 saturated carbocycles. The number of fused-ring (bicyclic) bond motifs is 6. The first-order valence-corrected chi connectivity index (χ1v) is 23.3. The molecule has 0 amide bonds. The Morgan fingerprint density at radius 3 is 1.30 bits per heavy atom. The maximum absolute atomic E-state index is 2.42. The second-order valence-corrected chi connectivity index (χ2v) is 18.3. The van der Waals surface area contributed by atoms with Crippen LogP contribution in [0.1, 0.15) is 0 Å². The van der Waals surface area contributed by atoms with Gasteiger partial charge in [0.25, 0.3) is 0 Å². The zero-order valence-electron chi connectivity index (χ0n) is 34.8. The fraction of sp³-hybridized carbons (Fsp3) is 0. The van der Waals surface area contributed by atoms with Gasteiger partial charge in [0.15, 0.2) is 0 Å². The van der Waals surface area contributed by atoms with E-state index in [2.05, 4.69) is 252 Å². The predicted octanol–water partition coefficient (Wildman–Crippen LogP) is 18.4. The molecule has 2 aromatic heterocycles. The van der Waals surface area contributed by atoms with Gasteiger partial charge in [0.05, 0.1) is 10.4 Å². The van der Waals surface area contributed by atoms with Crippen LogP contribution in [0.3, 0.4) is 0 Å². The number of anilines is 6. The maximum Gasteiger partial charge on any atom is 0.0661 e. The van der Waals surface area contributed by atoms with Gasteiger partial charge < -0.3 is 9.80 Å². The molecule has 0 atom stereocenters. The lowest BCUT2D eigenvalue weighted by Gasteiger charge is -2.30. The van der Waals surface area contributed by atoms with E-state index in [9.17, 15) is 0 Å². The number of para-hydroxylation sites is 3. The van der Waals surface area contributed by atoms with Crippen molar-refractivity contribution in [2.45, 2.75) is 0 Å². The molecule has 2 nitrogen and oxygen atoms in total. The average Bonchev–Trinajstić information content (AvgIpc) is 3.94. The van der Waals surface area contributed by atoms with Crippen LogP contribution in [0.2, 0.25) is 0 Å². The highest BCUT2D eigenvalue weighted by atomic mass is 32.1. The molecular weight excluding hydrogens is 813 g/mol. The van der Waals surface area contributed by atoms with Gasteiger partial charge >= 0.3 is 0 Å². The van der Waals surface area contributed by atoms with Crippen molar-refractivity contribution in [3.63, 3.8) is 0 Å². The highest BCUT2D eigenvalue weighted by Gasteiger charge is 2.23. The molecule has 0 unspecified atom stereocenters. The van der Waals surface area contributed by atoms with Crippen molar-refractivity contribution in [3.8, 4) is 33.4 Å². The highest BCUT2D eigenvalue weighted by molar-refractivity contribution is 7.26. The van der Waals surface area contributed by atoms with E-state index in [0.717, 1.165) is 34.1 Å². The molecule has 2 heterocycles. The molecule has 302 valence electrons. The third-order valence-electron chi connectivity index (χ3n) is 12.2. The van der Waals surface area contributed by atoms with Crippen molar-refractivity contribution in [2.75, 3.05) is 9.80 Å². The molecule has 10 aromatic carbocycles. The molecule has 4 heteroatoms. The lowest BCUT2D eigenvalue weighted by molar-refractivity contribution is 1.26. The first kappa shape index (κ1) is 38.0. The van der Waals surface area contributed by atoms with E-state index in [-0.39, 0.29) is 0 Å². The van der Waals surface area contributed by atoms with Gasteiger partial charge in [0.2, 0.25) is 0 Å². The van der Waals surface area contributed by atoms with Crippen LogP contribution in [0.15, 0.2) is 243 Å². The Balaban J connectivity index is 1.05. The van der Waals surface area contributed by atoms with Crippen molar-refractivity contribution >= 4 is 97.1 Å². The van der Waals surface area contributed by atoms with E-state index in [0.29, 0.717) is 0 Å². The molecule has 0 fully saturated rings. The normalized spacial score (nSPS) is 11.4. The molecule has 0 aliphatic rings. The summed E-state index contributed by atoms with van der Waals surface area (Å²) in [5.74, 6) is 0. The number of hydrogen-bond donors (Lipinski definition) is 0. The topological polar surface area (TPSA) is 6.48 Å². The van der Waals surface area contributed by atoms with E-state index < -0.39 is 0 Å². The smallest absolute Gasteiger partial charge is 0.0661 e. The zero-order chi connectivity index (χ0) is 42.4. The summed E-state index contributed by atoms with van der Waals surface area (Å²) in [6.07, 6.45) is 0. The average molecular weight is 853 g/mol. The van der Waals surface area contributed by atoms with E-state index in [1.165, 1.54) is 73.7 Å². The monoisotopic (exact) mass is 852 g/mol. The predicted molar refractivity (Wildman–Crippen MR) is 278 cm³/mol.